The molecule has 0 spiro atoms. The SMILES string of the molecule is CC12CC3CC(C1)CC(C(=O)NCC1CCC(Br)C1)(C3)C2. The van der Waals surface area contributed by atoms with Crippen molar-refractivity contribution >= 4 is 21.8 Å². The molecule has 4 atom stereocenters. The van der Waals surface area contributed by atoms with E-state index >= 15 is 0 Å². The van der Waals surface area contributed by atoms with Crippen LogP contribution in [0.1, 0.15) is 64.7 Å². The third kappa shape index (κ3) is 2.58. The van der Waals surface area contributed by atoms with Gasteiger partial charge in [0.15, 0.2) is 0 Å². The first-order valence-corrected chi connectivity index (χ1v) is 9.80. The van der Waals surface area contributed by atoms with Crippen LogP contribution < -0.4 is 5.32 Å². The van der Waals surface area contributed by atoms with Crippen molar-refractivity contribution in [2.24, 2.45) is 28.6 Å². The summed E-state index contributed by atoms with van der Waals surface area (Å²) in [5.74, 6) is 2.77. The van der Waals surface area contributed by atoms with Crippen molar-refractivity contribution in [1.29, 1.82) is 0 Å². The number of halogens is 1. The topological polar surface area (TPSA) is 29.1 Å². The highest BCUT2D eigenvalue weighted by Gasteiger charge is 2.58. The van der Waals surface area contributed by atoms with Gasteiger partial charge in [-0.25, -0.2) is 0 Å². The van der Waals surface area contributed by atoms with Crippen LogP contribution in [0.5, 0.6) is 0 Å². The van der Waals surface area contributed by atoms with Gasteiger partial charge >= 0.3 is 0 Å². The highest BCUT2D eigenvalue weighted by molar-refractivity contribution is 9.09. The third-order valence-electron chi connectivity index (χ3n) is 6.86. The average Bonchev–Trinajstić information content (AvgIpc) is 2.79. The molecule has 2 nitrogen and oxygen atoms in total. The van der Waals surface area contributed by atoms with E-state index in [1.807, 2.05) is 0 Å². The van der Waals surface area contributed by atoms with E-state index in [1.165, 1.54) is 51.4 Å². The van der Waals surface area contributed by atoms with Crippen LogP contribution in [0.4, 0.5) is 0 Å². The Kier molecular flexibility index (Phi) is 3.44. The fraction of sp³-hybridized carbons (Fsp3) is 0.944. The fourth-order valence-electron chi connectivity index (χ4n) is 6.61. The first-order chi connectivity index (χ1) is 9.96. The molecule has 5 aliphatic carbocycles. The lowest BCUT2D eigenvalue weighted by molar-refractivity contribution is -0.155. The highest BCUT2D eigenvalue weighted by Crippen LogP contribution is 2.65. The van der Waals surface area contributed by atoms with E-state index in [1.54, 1.807) is 0 Å². The number of carbonyl (C=O) groups is 1. The Hall–Kier alpha value is -0.0500. The first kappa shape index (κ1) is 14.5. The molecule has 118 valence electrons. The van der Waals surface area contributed by atoms with Crippen molar-refractivity contribution in [2.75, 3.05) is 6.54 Å². The molecule has 0 aromatic heterocycles. The van der Waals surface area contributed by atoms with Gasteiger partial charge in [0.2, 0.25) is 5.91 Å². The standard InChI is InChI=1S/C18H28BrNO/c1-17-6-13-4-14(7-17)9-18(8-13,11-17)16(21)20-10-12-2-3-15(19)5-12/h12-15H,2-11H2,1H3,(H,20,21). The molecular formula is C18H28BrNO. The fourth-order valence-corrected chi connectivity index (χ4v) is 7.40. The summed E-state index contributed by atoms with van der Waals surface area (Å²) >= 11 is 3.71. The molecule has 4 bridgehead atoms. The van der Waals surface area contributed by atoms with Crippen LogP contribution in [0.25, 0.3) is 0 Å². The van der Waals surface area contributed by atoms with Crippen molar-refractivity contribution in [3.05, 3.63) is 0 Å². The Bertz CT molecular complexity index is 434. The van der Waals surface area contributed by atoms with Crippen LogP contribution in [-0.2, 0) is 4.79 Å². The Morgan fingerprint density at radius 2 is 1.86 bits per heavy atom. The normalized spacial score (nSPS) is 51.3. The van der Waals surface area contributed by atoms with Crippen LogP contribution in [0, 0.1) is 28.6 Å². The molecular weight excluding hydrogens is 326 g/mol. The third-order valence-corrected chi connectivity index (χ3v) is 7.70. The molecule has 3 heteroatoms. The molecule has 0 saturated heterocycles. The summed E-state index contributed by atoms with van der Waals surface area (Å²) in [6, 6.07) is 0. The number of amides is 1. The van der Waals surface area contributed by atoms with Crippen molar-refractivity contribution < 1.29 is 4.79 Å². The summed E-state index contributed by atoms with van der Waals surface area (Å²) in [7, 11) is 0. The van der Waals surface area contributed by atoms with Crippen molar-refractivity contribution in [2.45, 2.75) is 69.5 Å². The van der Waals surface area contributed by atoms with Gasteiger partial charge in [0.25, 0.3) is 0 Å². The van der Waals surface area contributed by atoms with E-state index in [-0.39, 0.29) is 5.41 Å². The molecule has 5 fully saturated rings. The highest BCUT2D eigenvalue weighted by atomic mass is 79.9. The number of nitrogens with one attached hydrogen (secondary N) is 1. The monoisotopic (exact) mass is 353 g/mol. The molecule has 5 rings (SSSR count). The smallest absolute Gasteiger partial charge is 0.226 e. The molecule has 0 aliphatic heterocycles. The van der Waals surface area contributed by atoms with Crippen LogP contribution in [-0.4, -0.2) is 17.3 Å². The summed E-state index contributed by atoms with van der Waals surface area (Å²) < 4.78 is 0. The van der Waals surface area contributed by atoms with Gasteiger partial charge in [-0.05, 0) is 81.0 Å². The summed E-state index contributed by atoms with van der Waals surface area (Å²) in [4.78, 5) is 13.6. The predicted octanol–water partition coefficient (Wildman–Crippen LogP) is 4.27. The lowest BCUT2D eigenvalue weighted by Crippen LogP contribution is -2.57. The Morgan fingerprint density at radius 1 is 1.14 bits per heavy atom. The molecule has 5 saturated carbocycles. The second kappa shape index (κ2) is 4.97. The lowest BCUT2D eigenvalue weighted by atomic mass is 9.44. The number of rotatable bonds is 3. The van der Waals surface area contributed by atoms with E-state index in [2.05, 4.69) is 28.2 Å². The molecule has 0 aromatic carbocycles. The second-order valence-electron chi connectivity index (χ2n) is 9.04. The second-order valence-corrected chi connectivity index (χ2v) is 10.3. The van der Waals surface area contributed by atoms with Gasteiger partial charge in [0.1, 0.15) is 0 Å². The minimum atomic E-state index is 0.00520. The van der Waals surface area contributed by atoms with Crippen molar-refractivity contribution in [1.82, 2.24) is 5.32 Å². The first-order valence-electron chi connectivity index (χ1n) is 8.89. The zero-order chi connectivity index (χ0) is 14.7. The maximum Gasteiger partial charge on any atom is 0.226 e. The molecule has 1 amide bonds. The summed E-state index contributed by atoms with van der Waals surface area (Å²) in [5.41, 5.74) is 0.473. The van der Waals surface area contributed by atoms with E-state index < -0.39 is 0 Å². The number of carbonyl (C=O) groups excluding carboxylic acids is 1. The van der Waals surface area contributed by atoms with Crippen molar-refractivity contribution in [3.8, 4) is 0 Å². The van der Waals surface area contributed by atoms with Gasteiger partial charge in [-0.2, -0.15) is 0 Å². The largest absolute Gasteiger partial charge is 0.355 e. The van der Waals surface area contributed by atoms with Gasteiger partial charge in [-0.15, -0.1) is 0 Å². The number of hydrogen-bond acceptors (Lipinski definition) is 1. The number of alkyl halides is 1. The van der Waals surface area contributed by atoms with Gasteiger partial charge in [-0.3, -0.25) is 4.79 Å². The minimum Gasteiger partial charge on any atom is -0.355 e. The Labute approximate surface area is 136 Å². The van der Waals surface area contributed by atoms with Crippen LogP contribution in [0.3, 0.4) is 0 Å². The summed E-state index contributed by atoms with van der Waals surface area (Å²) in [5, 5.41) is 3.36. The molecule has 4 unspecified atom stereocenters. The van der Waals surface area contributed by atoms with E-state index in [9.17, 15) is 4.79 Å². The van der Waals surface area contributed by atoms with Crippen LogP contribution in [0.15, 0.2) is 0 Å². The zero-order valence-electron chi connectivity index (χ0n) is 13.2. The molecule has 0 aromatic rings. The molecule has 0 radical (unpaired) electrons. The summed E-state index contributed by atoms with van der Waals surface area (Å²) in [6.45, 7) is 3.35. The lowest BCUT2D eigenvalue weighted by Gasteiger charge is -2.60. The quantitative estimate of drug-likeness (QED) is 0.754. The molecule has 5 aliphatic rings. The minimum absolute atomic E-state index is 0.00520. The van der Waals surface area contributed by atoms with Gasteiger partial charge in [-0.1, -0.05) is 22.9 Å². The van der Waals surface area contributed by atoms with E-state index in [0.717, 1.165) is 24.8 Å². The Balaban J connectivity index is 1.42. The maximum atomic E-state index is 13.0. The van der Waals surface area contributed by atoms with Crippen LogP contribution in [0.2, 0.25) is 0 Å². The van der Waals surface area contributed by atoms with Gasteiger partial charge in [0.05, 0.1) is 5.41 Å². The maximum absolute atomic E-state index is 13.0. The average molecular weight is 354 g/mol. The van der Waals surface area contributed by atoms with Gasteiger partial charge < -0.3 is 5.32 Å². The number of hydrogen-bond donors (Lipinski definition) is 1. The Morgan fingerprint density at radius 3 is 2.43 bits per heavy atom. The van der Waals surface area contributed by atoms with Crippen LogP contribution >= 0.6 is 15.9 Å². The van der Waals surface area contributed by atoms with Crippen molar-refractivity contribution in [3.63, 3.8) is 0 Å². The summed E-state index contributed by atoms with van der Waals surface area (Å²) in [6.07, 6.45) is 11.4. The van der Waals surface area contributed by atoms with E-state index in [0.29, 0.717) is 22.1 Å². The predicted molar refractivity (Wildman–Crippen MR) is 88.3 cm³/mol. The molecule has 0 heterocycles. The molecule has 1 N–H and O–H groups in total. The van der Waals surface area contributed by atoms with Gasteiger partial charge in [0, 0.05) is 11.4 Å². The van der Waals surface area contributed by atoms with E-state index in [4.69, 9.17) is 0 Å². The molecule has 21 heavy (non-hydrogen) atoms. The zero-order valence-corrected chi connectivity index (χ0v) is 14.8.